The lowest BCUT2D eigenvalue weighted by molar-refractivity contribution is 0.0601. The summed E-state index contributed by atoms with van der Waals surface area (Å²) in [6, 6.07) is 11.9. The van der Waals surface area contributed by atoms with E-state index in [4.69, 9.17) is 20.4 Å². The summed E-state index contributed by atoms with van der Waals surface area (Å²) >= 11 is 0. The van der Waals surface area contributed by atoms with Crippen molar-refractivity contribution < 1.29 is 13.9 Å². The number of anilines is 1. The third-order valence-electron chi connectivity index (χ3n) is 5.81. The Morgan fingerprint density at radius 2 is 1.77 bits per heavy atom. The number of hydrogen-bond acceptors (Lipinski definition) is 6. The summed E-state index contributed by atoms with van der Waals surface area (Å²) in [6.45, 7) is 0. The van der Waals surface area contributed by atoms with E-state index in [1.165, 1.54) is 19.2 Å². The lowest BCUT2D eigenvalue weighted by Crippen LogP contribution is -2.39. The number of nitrogens with two attached hydrogens (primary N) is 1. The summed E-state index contributed by atoms with van der Waals surface area (Å²) in [7, 11) is 3.36. The molecule has 0 atom stereocenters. The molecule has 1 saturated carbocycles. The summed E-state index contributed by atoms with van der Waals surface area (Å²) < 4.78 is 18.3. The number of carbonyl (C=O) groups excluding carboxylic acids is 1. The molecule has 2 N–H and O–H groups in total. The molecule has 0 bridgehead atoms. The largest absolute Gasteiger partial charge is 0.465 e. The monoisotopic (exact) mass is 408 g/mol. The van der Waals surface area contributed by atoms with E-state index in [2.05, 4.69) is 4.90 Å². The number of aromatic nitrogens is 2. The molecule has 0 amide bonds. The number of nitrogens with zero attached hydrogens (tertiary/aromatic N) is 3. The molecule has 0 aliphatic heterocycles. The summed E-state index contributed by atoms with van der Waals surface area (Å²) in [6.07, 6.45) is 3.88. The standard InChI is InChI=1S/C23H25FN4O2/c1-28(18-10-8-17(25)9-11-18)22-21(14-3-6-16(24)7-4-14)26-19-12-5-15(23(29)30-2)13-20(19)27-22/h3-7,12-13,17-18H,8-11,25H2,1-2H3/t17-,18-. The third-order valence-corrected chi connectivity index (χ3v) is 5.81. The fourth-order valence-corrected chi connectivity index (χ4v) is 4.00. The number of hydrogen-bond donors (Lipinski definition) is 1. The summed E-state index contributed by atoms with van der Waals surface area (Å²) in [5, 5.41) is 0. The normalized spacial score (nSPS) is 18.9. The van der Waals surface area contributed by atoms with E-state index in [1.807, 2.05) is 7.05 Å². The number of ether oxygens (including phenoxy) is 1. The molecule has 1 aromatic heterocycles. The molecule has 0 radical (unpaired) electrons. The zero-order valence-electron chi connectivity index (χ0n) is 17.1. The first-order chi connectivity index (χ1) is 14.5. The van der Waals surface area contributed by atoms with Crippen LogP contribution in [0.4, 0.5) is 10.2 Å². The van der Waals surface area contributed by atoms with Crippen molar-refractivity contribution >= 4 is 22.8 Å². The van der Waals surface area contributed by atoms with Gasteiger partial charge in [-0.3, -0.25) is 0 Å². The molecule has 0 unspecified atom stereocenters. The number of halogens is 1. The Kier molecular flexibility index (Phi) is 5.63. The second-order valence-corrected chi connectivity index (χ2v) is 7.78. The van der Waals surface area contributed by atoms with Gasteiger partial charge in [0.1, 0.15) is 11.5 Å². The van der Waals surface area contributed by atoms with Crippen LogP contribution in [0.15, 0.2) is 42.5 Å². The molecule has 4 rings (SSSR count). The topological polar surface area (TPSA) is 81.3 Å². The first-order valence-electron chi connectivity index (χ1n) is 10.1. The van der Waals surface area contributed by atoms with Crippen molar-refractivity contribution in [3.8, 4) is 11.3 Å². The number of benzene rings is 2. The number of methoxy groups -OCH3 is 1. The van der Waals surface area contributed by atoms with Crippen LogP contribution < -0.4 is 10.6 Å². The van der Waals surface area contributed by atoms with E-state index >= 15 is 0 Å². The lowest BCUT2D eigenvalue weighted by Gasteiger charge is -2.35. The first kappa shape index (κ1) is 20.2. The van der Waals surface area contributed by atoms with Crippen molar-refractivity contribution in [3.63, 3.8) is 0 Å². The number of esters is 1. The number of fused-ring (bicyclic) bond motifs is 1. The van der Waals surface area contributed by atoms with E-state index in [0.29, 0.717) is 34.2 Å². The molecule has 1 heterocycles. The first-order valence-corrected chi connectivity index (χ1v) is 10.1. The second kappa shape index (κ2) is 8.36. The molecule has 1 fully saturated rings. The van der Waals surface area contributed by atoms with Crippen LogP contribution >= 0.6 is 0 Å². The lowest BCUT2D eigenvalue weighted by atomic mass is 9.91. The molecule has 3 aromatic rings. The highest BCUT2D eigenvalue weighted by atomic mass is 19.1. The van der Waals surface area contributed by atoms with Gasteiger partial charge in [-0.15, -0.1) is 0 Å². The summed E-state index contributed by atoms with van der Waals surface area (Å²) in [4.78, 5) is 23.8. The maximum absolute atomic E-state index is 13.5. The van der Waals surface area contributed by atoms with E-state index < -0.39 is 5.97 Å². The number of carbonyl (C=O) groups is 1. The van der Waals surface area contributed by atoms with Gasteiger partial charge in [-0.1, -0.05) is 0 Å². The predicted molar refractivity (Wildman–Crippen MR) is 115 cm³/mol. The smallest absolute Gasteiger partial charge is 0.337 e. The van der Waals surface area contributed by atoms with E-state index in [0.717, 1.165) is 31.2 Å². The molecule has 0 spiro atoms. The van der Waals surface area contributed by atoms with Crippen LogP contribution in [0, 0.1) is 5.82 Å². The van der Waals surface area contributed by atoms with E-state index in [9.17, 15) is 9.18 Å². The van der Waals surface area contributed by atoms with Gasteiger partial charge in [-0.05, 0) is 68.1 Å². The Hall–Kier alpha value is -3.06. The minimum Gasteiger partial charge on any atom is -0.465 e. The average molecular weight is 408 g/mol. The predicted octanol–water partition coefficient (Wildman–Crippen LogP) is 3.93. The average Bonchev–Trinajstić information content (AvgIpc) is 2.78. The van der Waals surface area contributed by atoms with Gasteiger partial charge in [0.25, 0.3) is 0 Å². The maximum atomic E-state index is 13.5. The Morgan fingerprint density at radius 3 is 2.43 bits per heavy atom. The van der Waals surface area contributed by atoms with Crippen molar-refractivity contribution in [2.45, 2.75) is 37.8 Å². The van der Waals surface area contributed by atoms with Crippen LogP contribution in [0.2, 0.25) is 0 Å². The Morgan fingerprint density at radius 1 is 1.07 bits per heavy atom. The van der Waals surface area contributed by atoms with Crippen molar-refractivity contribution in [1.29, 1.82) is 0 Å². The molecule has 156 valence electrons. The Balaban J connectivity index is 1.83. The molecule has 2 aromatic carbocycles. The van der Waals surface area contributed by atoms with Gasteiger partial charge in [-0.25, -0.2) is 19.2 Å². The van der Waals surface area contributed by atoms with Gasteiger partial charge in [0.05, 0.1) is 23.7 Å². The van der Waals surface area contributed by atoms with Crippen molar-refractivity contribution in [3.05, 3.63) is 53.8 Å². The molecule has 1 aliphatic rings. The second-order valence-electron chi connectivity index (χ2n) is 7.78. The van der Waals surface area contributed by atoms with Gasteiger partial charge < -0.3 is 15.4 Å². The van der Waals surface area contributed by atoms with Gasteiger partial charge in [-0.2, -0.15) is 0 Å². The van der Waals surface area contributed by atoms with Crippen LogP contribution in [0.3, 0.4) is 0 Å². The van der Waals surface area contributed by atoms with E-state index in [-0.39, 0.29) is 11.9 Å². The van der Waals surface area contributed by atoms with Gasteiger partial charge in [0, 0.05) is 24.7 Å². The summed E-state index contributed by atoms with van der Waals surface area (Å²) in [5.74, 6) is -0.0135. The molecule has 0 saturated heterocycles. The highest BCUT2D eigenvalue weighted by molar-refractivity contribution is 5.94. The zero-order chi connectivity index (χ0) is 21.3. The fourth-order valence-electron chi connectivity index (χ4n) is 4.00. The van der Waals surface area contributed by atoms with Crippen LogP contribution in [0.5, 0.6) is 0 Å². The highest BCUT2D eigenvalue weighted by Gasteiger charge is 2.26. The highest BCUT2D eigenvalue weighted by Crippen LogP contribution is 2.33. The van der Waals surface area contributed by atoms with Crippen LogP contribution in [-0.4, -0.2) is 42.2 Å². The van der Waals surface area contributed by atoms with E-state index in [1.54, 1.807) is 30.3 Å². The van der Waals surface area contributed by atoms with Gasteiger partial charge in [0.2, 0.25) is 0 Å². The van der Waals surface area contributed by atoms with Crippen LogP contribution in [0.1, 0.15) is 36.0 Å². The Bertz CT molecular complexity index is 1060. The molecule has 7 heteroatoms. The fraction of sp³-hybridized carbons (Fsp3) is 0.348. The summed E-state index contributed by atoms with van der Waals surface area (Å²) in [5.41, 5.74) is 9.24. The van der Waals surface area contributed by atoms with Gasteiger partial charge in [0.15, 0.2) is 5.82 Å². The van der Waals surface area contributed by atoms with Crippen molar-refractivity contribution in [2.24, 2.45) is 5.73 Å². The maximum Gasteiger partial charge on any atom is 0.337 e. The molecular weight excluding hydrogens is 383 g/mol. The third kappa shape index (κ3) is 3.98. The van der Waals surface area contributed by atoms with Crippen LogP contribution in [-0.2, 0) is 4.74 Å². The quantitative estimate of drug-likeness (QED) is 0.659. The zero-order valence-corrected chi connectivity index (χ0v) is 17.1. The molecular formula is C23H25FN4O2. The minimum absolute atomic E-state index is 0.247. The Labute approximate surface area is 174 Å². The van der Waals surface area contributed by atoms with Crippen molar-refractivity contribution in [2.75, 3.05) is 19.1 Å². The molecule has 30 heavy (non-hydrogen) atoms. The van der Waals surface area contributed by atoms with Gasteiger partial charge >= 0.3 is 5.97 Å². The number of rotatable bonds is 4. The SMILES string of the molecule is COC(=O)c1ccc2nc(-c3ccc(F)cc3)c(N(C)[C@H]3CC[C@H](N)CC3)nc2c1. The molecule has 1 aliphatic carbocycles. The van der Waals surface area contributed by atoms with Crippen molar-refractivity contribution in [1.82, 2.24) is 9.97 Å². The minimum atomic E-state index is -0.419. The molecule has 6 nitrogen and oxygen atoms in total. The van der Waals surface area contributed by atoms with Crippen LogP contribution in [0.25, 0.3) is 22.3 Å².